The highest BCUT2D eigenvalue weighted by Crippen LogP contribution is 2.47. The molecule has 2 N–H and O–H groups in total. The molecule has 0 radical (unpaired) electrons. The van der Waals surface area contributed by atoms with Gasteiger partial charge in [0.2, 0.25) is 0 Å². The molecule has 1 heterocycles. The highest BCUT2D eigenvalue weighted by Gasteiger charge is 2.40. The molecule has 0 bridgehead atoms. The van der Waals surface area contributed by atoms with Crippen molar-refractivity contribution in [3.63, 3.8) is 0 Å². The molecule has 110 valence electrons. The molecule has 1 fully saturated rings. The van der Waals surface area contributed by atoms with E-state index in [1.165, 1.54) is 19.0 Å². The summed E-state index contributed by atoms with van der Waals surface area (Å²) >= 11 is 6.07. The first-order valence-corrected chi connectivity index (χ1v) is 7.65. The van der Waals surface area contributed by atoms with Gasteiger partial charge in [-0.15, -0.1) is 0 Å². The van der Waals surface area contributed by atoms with Gasteiger partial charge in [-0.25, -0.2) is 4.98 Å². The van der Waals surface area contributed by atoms with E-state index >= 15 is 0 Å². The third kappa shape index (κ3) is 3.63. The molecule has 0 saturated heterocycles. The van der Waals surface area contributed by atoms with Gasteiger partial charge in [-0.1, -0.05) is 25.4 Å². The average molecular weight is 296 g/mol. The topological polar surface area (TPSA) is 54.0 Å². The SMILES string of the molecule is CCCNc1cc(C(=O)NCC2(CC)CC2)c(Cl)cn1. The molecule has 1 amide bonds. The summed E-state index contributed by atoms with van der Waals surface area (Å²) in [5, 5.41) is 6.56. The molecule has 1 aliphatic carbocycles. The van der Waals surface area contributed by atoms with E-state index in [0.29, 0.717) is 21.8 Å². The minimum atomic E-state index is -0.114. The summed E-state index contributed by atoms with van der Waals surface area (Å²) in [5.41, 5.74) is 0.825. The number of hydrogen-bond acceptors (Lipinski definition) is 3. The molecule has 0 aliphatic heterocycles. The van der Waals surface area contributed by atoms with Crippen molar-refractivity contribution in [2.75, 3.05) is 18.4 Å². The van der Waals surface area contributed by atoms with Crippen molar-refractivity contribution in [2.24, 2.45) is 5.41 Å². The Morgan fingerprint density at radius 2 is 2.20 bits per heavy atom. The van der Waals surface area contributed by atoms with Crippen LogP contribution in [-0.4, -0.2) is 24.0 Å². The summed E-state index contributed by atoms with van der Waals surface area (Å²) in [4.78, 5) is 16.4. The van der Waals surface area contributed by atoms with Crippen molar-refractivity contribution >= 4 is 23.3 Å². The van der Waals surface area contributed by atoms with Gasteiger partial charge in [0.15, 0.2) is 0 Å². The van der Waals surface area contributed by atoms with Crippen LogP contribution in [0.2, 0.25) is 5.02 Å². The summed E-state index contributed by atoms with van der Waals surface area (Å²) < 4.78 is 0. The summed E-state index contributed by atoms with van der Waals surface area (Å²) in [6, 6.07) is 1.72. The van der Waals surface area contributed by atoms with Crippen molar-refractivity contribution in [3.8, 4) is 0 Å². The lowest BCUT2D eigenvalue weighted by molar-refractivity contribution is 0.0944. The van der Waals surface area contributed by atoms with Crippen LogP contribution in [0.5, 0.6) is 0 Å². The number of carbonyl (C=O) groups is 1. The van der Waals surface area contributed by atoms with Gasteiger partial charge < -0.3 is 10.6 Å². The fourth-order valence-corrected chi connectivity index (χ4v) is 2.35. The number of nitrogens with one attached hydrogen (secondary N) is 2. The second-order valence-corrected chi connectivity index (χ2v) is 5.92. The fourth-order valence-electron chi connectivity index (χ4n) is 2.16. The zero-order valence-corrected chi connectivity index (χ0v) is 12.9. The zero-order chi connectivity index (χ0) is 14.6. The van der Waals surface area contributed by atoms with Crippen LogP contribution < -0.4 is 10.6 Å². The molecule has 0 spiro atoms. The zero-order valence-electron chi connectivity index (χ0n) is 12.1. The number of halogens is 1. The second-order valence-electron chi connectivity index (χ2n) is 5.51. The molecular formula is C15H22ClN3O. The third-order valence-corrected chi connectivity index (χ3v) is 4.29. The lowest BCUT2D eigenvalue weighted by atomic mass is 10.0. The third-order valence-electron chi connectivity index (χ3n) is 3.99. The van der Waals surface area contributed by atoms with Gasteiger partial charge in [-0.05, 0) is 37.2 Å². The van der Waals surface area contributed by atoms with Crippen LogP contribution in [0.1, 0.15) is 49.9 Å². The smallest absolute Gasteiger partial charge is 0.253 e. The number of nitrogens with zero attached hydrogens (tertiary/aromatic N) is 1. The minimum absolute atomic E-state index is 0.114. The second kappa shape index (κ2) is 6.44. The van der Waals surface area contributed by atoms with Crippen LogP contribution in [0.3, 0.4) is 0 Å². The average Bonchev–Trinajstić information content (AvgIpc) is 3.24. The Hall–Kier alpha value is -1.29. The minimum Gasteiger partial charge on any atom is -0.370 e. The van der Waals surface area contributed by atoms with E-state index in [4.69, 9.17) is 11.6 Å². The summed E-state index contributed by atoms with van der Waals surface area (Å²) in [7, 11) is 0. The van der Waals surface area contributed by atoms with Crippen LogP contribution >= 0.6 is 11.6 Å². The Balaban J connectivity index is 2.00. The van der Waals surface area contributed by atoms with E-state index in [1.807, 2.05) is 0 Å². The van der Waals surface area contributed by atoms with Gasteiger partial charge in [-0.2, -0.15) is 0 Å². The van der Waals surface area contributed by atoms with Crippen LogP contribution in [0.4, 0.5) is 5.82 Å². The van der Waals surface area contributed by atoms with Crippen LogP contribution in [0.15, 0.2) is 12.3 Å². The maximum atomic E-state index is 12.2. The number of carbonyl (C=O) groups excluding carboxylic acids is 1. The molecule has 0 aromatic carbocycles. The molecule has 2 rings (SSSR count). The quantitative estimate of drug-likeness (QED) is 0.810. The molecule has 1 aliphatic rings. The normalized spacial score (nSPS) is 15.8. The first-order chi connectivity index (χ1) is 9.60. The molecular weight excluding hydrogens is 274 g/mol. The predicted octanol–water partition coefficient (Wildman–Crippen LogP) is 3.48. The van der Waals surface area contributed by atoms with E-state index in [-0.39, 0.29) is 5.91 Å². The van der Waals surface area contributed by atoms with Crippen molar-refractivity contribution in [3.05, 3.63) is 22.8 Å². The first-order valence-electron chi connectivity index (χ1n) is 7.28. The molecule has 1 aromatic heterocycles. The highest BCUT2D eigenvalue weighted by atomic mass is 35.5. The molecule has 1 aromatic rings. The van der Waals surface area contributed by atoms with Crippen LogP contribution in [0, 0.1) is 5.41 Å². The fraction of sp³-hybridized carbons (Fsp3) is 0.600. The number of rotatable bonds is 7. The number of hydrogen-bond donors (Lipinski definition) is 2. The highest BCUT2D eigenvalue weighted by molar-refractivity contribution is 6.33. The van der Waals surface area contributed by atoms with Crippen LogP contribution in [-0.2, 0) is 0 Å². The maximum Gasteiger partial charge on any atom is 0.253 e. The lowest BCUT2D eigenvalue weighted by Gasteiger charge is -2.14. The largest absolute Gasteiger partial charge is 0.370 e. The Labute approximate surface area is 125 Å². The van der Waals surface area contributed by atoms with E-state index in [9.17, 15) is 4.79 Å². The Kier molecular flexibility index (Phi) is 4.86. The number of anilines is 1. The Morgan fingerprint density at radius 3 is 2.80 bits per heavy atom. The van der Waals surface area contributed by atoms with Gasteiger partial charge >= 0.3 is 0 Å². The van der Waals surface area contributed by atoms with Crippen molar-refractivity contribution in [1.29, 1.82) is 0 Å². The van der Waals surface area contributed by atoms with Crippen molar-refractivity contribution in [2.45, 2.75) is 39.5 Å². The Bertz CT molecular complexity index is 486. The van der Waals surface area contributed by atoms with E-state index in [0.717, 1.165) is 25.9 Å². The lowest BCUT2D eigenvalue weighted by Crippen LogP contribution is -2.30. The summed E-state index contributed by atoms with van der Waals surface area (Å²) in [5.74, 6) is 0.578. The number of aromatic nitrogens is 1. The molecule has 0 unspecified atom stereocenters. The van der Waals surface area contributed by atoms with Gasteiger partial charge in [0.25, 0.3) is 5.91 Å². The predicted molar refractivity (Wildman–Crippen MR) is 82.3 cm³/mol. The monoisotopic (exact) mass is 295 g/mol. The summed E-state index contributed by atoms with van der Waals surface area (Å²) in [6.07, 6.45) is 6.06. The van der Waals surface area contributed by atoms with Gasteiger partial charge in [0.1, 0.15) is 5.82 Å². The number of amides is 1. The summed E-state index contributed by atoms with van der Waals surface area (Å²) in [6.45, 7) is 5.81. The van der Waals surface area contributed by atoms with Crippen molar-refractivity contribution < 1.29 is 4.79 Å². The molecule has 0 atom stereocenters. The number of pyridine rings is 1. The van der Waals surface area contributed by atoms with E-state index < -0.39 is 0 Å². The van der Waals surface area contributed by atoms with Gasteiger partial charge in [-0.3, -0.25) is 4.79 Å². The molecule has 5 heteroatoms. The molecule has 4 nitrogen and oxygen atoms in total. The van der Waals surface area contributed by atoms with Gasteiger partial charge in [0, 0.05) is 19.3 Å². The van der Waals surface area contributed by atoms with Crippen LogP contribution in [0.25, 0.3) is 0 Å². The Morgan fingerprint density at radius 1 is 1.45 bits per heavy atom. The van der Waals surface area contributed by atoms with Crippen molar-refractivity contribution in [1.82, 2.24) is 10.3 Å². The first kappa shape index (κ1) is 15.1. The van der Waals surface area contributed by atoms with Gasteiger partial charge in [0.05, 0.1) is 10.6 Å². The maximum absolute atomic E-state index is 12.2. The molecule has 1 saturated carbocycles. The standard InChI is InChI=1S/C15H22ClN3O/c1-3-7-17-13-8-11(12(16)9-18-13)14(20)19-10-15(4-2)5-6-15/h8-9H,3-7,10H2,1-2H3,(H,17,18)(H,19,20). The van der Waals surface area contributed by atoms with E-state index in [1.54, 1.807) is 6.07 Å². The van der Waals surface area contributed by atoms with E-state index in [2.05, 4.69) is 29.5 Å². The molecule has 20 heavy (non-hydrogen) atoms.